The lowest BCUT2D eigenvalue weighted by atomic mass is 9.61. The summed E-state index contributed by atoms with van der Waals surface area (Å²) >= 11 is 0. The molecule has 1 aliphatic rings. The summed E-state index contributed by atoms with van der Waals surface area (Å²) in [5.74, 6) is 6.53. The first-order chi connectivity index (χ1) is 10.1. The summed E-state index contributed by atoms with van der Waals surface area (Å²) in [7, 11) is 1.99. The lowest BCUT2D eigenvalue weighted by Crippen LogP contribution is -2.41. The summed E-state index contributed by atoms with van der Waals surface area (Å²) in [6.45, 7) is 10.8. The van der Waals surface area contributed by atoms with Crippen molar-refractivity contribution >= 4 is 0 Å². The van der Waals surface area contributed by atoms with Crippen LogP contribution in [0.5, 0.6) is 0 Å². The van der Waals surface area contributed by atoms with E-state index in [4.69, 9.17) is 0 Å². The molecular formula is C20H27N. The van der Waals surface area contributed by atoms with Gasteiger partial charge in [0, 0.05) is 30.1 Å². The van der Waals surface area contributed by atoms with Crippen LogP contribution in [-0.2, 0) is 11.8 Å². The first kappa shape index (κ1) is 15.7. The minimum atomic E-state index is 0.138. The van der Waals surface area contributed by atoms with Crippen LogP contribution in [-0.4, -0.2) is 7.05 Å². The van der Waals surface area contributed by atoms with Gasteiger partial charge in [0.1, 0.15) is 0 Å². The molecule has 1 heteroatoms. The van der Waals surface area contributed by atoms with Gasteiger partial charge in [-0.05, 0) is 48.9 Å². The molecule has 21 heavy (non-hydrogen) atoms. The Hall–Kier alpha value is -1.68. The number of aryl methyl sites for hydroxylation is 2. The van der Waals surface area contributed by atoms with Crippen molar-refractivity contribution in [1.29, 1.82) is 0 Å². The molecule has 2 rings (SSSR count). The van der Waals surface area contributed by atoms with Gasteiger partial charge in [-0.2, -0.15) is 0 Å². The second-order valence-electron chi connectivity index (χ2n) is 6.00. The Morgan fingerprint density at radius 3 is 2.52 bits per heavy atom. The summed E-state index contributed by atoms with van der Waals surface area (Å²) in [4.78, 5) is 0. The van der Waals surface area contributed by atoms with E-state index < -0.39 is 0 Å². The van der Waals surface area contributed by atoms with E-state index >= 15 is 0 Å². The van der Waals surface area contributed by atoms with Crippen molar-refractivity contribution in [2.45, 2.75) is 58.3 Å². The van der Waals surface area contributed by atoms with E-state index in [0.29, 0.717) is 0 Å². The molecule has 0 aliphatic heterocycles. The molecule has 0 heterocycles. The number of hydrogen-bond donors (Lipinski definition) is 1. The third-order valence-electron chi connectivity index (χ3n) is 4.83. The number of hydrogen-bond acceptors (Lipinski definition) is 1. The fourth-order valence-electron chi connectivity index (χ4n) is 3.36. The number of nitrogens with one attached hydrogen (secondary N) is 1. The lowest BCUT2D eigenvalue weighted by Gasteiger charge is -2.45. The van der Waals surface area contributed by atoms with Crippen LogP contribution in [0.4, 0.5) is 0 Å². The number of benzene rings is 1. The number of likely N-dealkylation sites (N-methyl/N-ethyl adjacent to an activating group) is 1. The van der Waals surface area contributed by atoms with E-state index in [1.165, 1.54) is 41.5 Å². The Bertz CT molecular complexity index is 594. The SMILES string of the molecule is C=C(NC)C1(c2cc(CC)c(C#CCC)cc2C)CCC1. The van der Waals surface area contributed by atoms with E-state index in [9.17, 15) is 0 Å². The molecular weight excluding hydrogens is 254 g/mol. The van der Waals surface area contributed by atoms with Gasteiger partial charge in [-0.3, -0.25) is 0 Å². The summed E-state index contributed by atoms with van der Waals surface area (Å²) in [6, 6.07) is 4.66. The Morgan fingerprint density at radius 2 is 2.05 bits per heavy atom. The highest BCUT2D eigenvalue weighted by atomic mass is 14.9. The topological polar surface area (TPSA) is 12.0 Å². The van der Waals surface area contributed by atoms with E-state index in [1.807, 2.05) is 7.05 Å². The van der Waals surface area contributed by atoms with E-state index in [0.717, 1.165) is 18.5 Å². The Labute approximate surface area is 129 Å². The zero-order valence-corrected chi connectivity index (χ0v) is 13.9. The largest absolute Gasteiger partial charge is 0.391 e. The molecule has 1 fully saturated rings. The zero-order valence-electron chi connectivity index (χ0n) is 13.9. The first-order valence-electron chi connectivity index (χ1n) is 8.09. The number of rotatable bonds is 4. The molecule has 1 aromatic rings. The van der Waals surface area contributed by atoms with Crippen molar-refractivity contribution in [3.05, 3.63) is 46.7 Å². The summed E-state index contributed by atoms with van der Waals surface area (Å²) in [5.41, 5.74) is 6.67. The molecule has 1 saturated carbocycles. The third kappa shape index (κ3) is 2.72. The molecule has 1 aliphatic carbocycles. The normalized spacial score (nSPS) is 15.6. The van der Waals surface area contributed by atoms with E-state index in [-0.39, 0.29) is 5.41 Å². The van der Waals surface area contributed by atoms with Crippen LogP contribution in [0.25, 0.3) is 0 Å². The highest BCUT2D eigenvalue weighted by Gasteiger charge is 2.42. The average Bonchev–Trinajstić information content (AvgIpc) is 2.45. The van der Waals surface area contributed by atoms with Crippen LogP contribution < -0.4 is 5.32 Å². The molecule has 0 aromatic heterocycles. The average molecular weight is 281 g/mol. The summed E-state index contributed by atoms with van der Waals surface area (Å²) in [5, 5.41) is 3.30. The molecule has 1 aromatic carbocycles. The Balaban J connectivity index is 2.52. The van der Waals surface area contributed by atoms with Gasteiger partial charge in [0.15, 0.2) is 0 Å². The standard InChI is InChI=1S/C20H27N/c1-6-8-10-18-13-15(3)19(14-17(18)7-2)20(11-9-12-20)16(4)21-5/h13-14,21H,4,6-7,9,11-12H2,1-3,5H3. The second kappa shape index (κ2) is 6.39. The van der Waals surface area contributed by atoms with Crippen molar-refractivity contribution in [2.75, 3.05) is 7.05 Å². The molecule has 0 spiro atoms. The monoisotopic (exact) mass is 281 g/mol. The Kier molecular flexibility index (Phi) is 4.78. The predicted octanol–water partition coefficient (Wildman–Crippen LogP) is 4.47. The van der Waals surface area contributed by atoms with Gasteiger partial charge < -0.3 is 5.32 Å². The smallest absolute Gasteiger partial charge is 0.0346 e. The van der Waals surface area contributed by atoms with Crippen molar-refractivity contribution in [1.82, 2.24) is 5.32 Å². The van der Waals surface area contributed by atoms with Crippen LogP contribution >= 0.6 is 0 Å². The Morgan fingerprint density at radius 1 is 1.33 bits per heavy atom. The minimum Gasteiger partial charge on any atom is -0.391 e. The van der Waals surface area contributed by atoms with E-state index in [2.05, 4.69) is 56.6 Å². The van der Waals surface area contributed by atoms with Crippen LogP contribution in [0.15, 0.2) is 24.4 Å². The maximum absolute atomic E-state index is 4.27. The minimum absolute atomic E-state index is 0.138. The van der Waals surface area contributed by atoms with Crippen LogP contribution in [0.3, 0.4) is 0 Å². The van der Waals surface area contributed by atoms with Crippen LogP contribution in [0.2, 0.25) is 0 Å². The van der Waals surface area contributed by atoms with E-state index in [1.54, 1.807) is 0 Å². The highest BCUT2D eigenvalue weighted by Crippen LogP contribution is 2.49. The third-order valence-corrected chi connectivity index (χ3v) is 4.83. The summed E-state index contributed by atoms with van der Waals surface area (Å²) in [6.07, 6.45) is 5.64. The predicted molar refractivity (Wildman–Crippen MR) is 91.5 cm³/mol. The van der Waals surface area contributed by atoms with Gasteiger partial charge >= 0.3 is 0 Å². The van der Waals surface area contributed by atoms with Gasteiger partial charge in [0.05, 0.1) is 0 Å². The van der Waals surface area contributed by atoms with Gasteiger partial charge in [0.2, 0.25) is 0 Å². The first-order valence-corrected chi connectivity index (χ1v) is 8.09. The van der Waals surface area contributed by atoms with Crippen LogP contribution in [0.1, 0.15) is 61.8 Å². The van der Waals surface area contributed by atoms with Crippen molar-refractivity contribution < 1.29 is 0 Å². The van der Waals surface area contributed by atoms with Crippen molar-refractivity contribution in [3.63, 3.8) is 0 Å². The lowest BCUT2D eigenvalue weighted by molar-refractivity contribution is 0.282. The molecule has 0 saturated heterocycles. The second-order valence-corrected chi connectivity index (χ2v) is 6.00. The molecule has 0 unspecified atom stereocenters. The number of allylic oxidation sites excluding steroid dienone is 1. The fourth-order valence-corrected chi connectivity index (χ4v) is 3.36. The van der Waals surface area contributed by atoms with Gasteiger partial charge in [0.25, 0.3) is 0 Å². The molecule has 112 valence electrons. The van der Waals surface area contributed by atoms with Crippen molar-refractivity contribution in [2.24, 2.45) is 0 Å². The molecule has 0 amide bonds. The molecule has 1 N–H and O–H groups in total. The van der Waals surface area contributed by atoms with Crippen molar-refractivity contribution in [3.8, 4) is 11.8 Å². The quantitative estimate of drug-likeness (QED) is 0.803. The van der Waals surface area contributed by atoms with Crippen LogP contribution in [0, 0.1) is 18.8 Å². The maximum atomic E-state index is 4.27. The van der Waals surface area contributed by atoms with Gasteiger partial charge in [-0.15, -0.1) is 0 Å². The van der Waals surface area contributed by atoms with Gasteiger partial charge in [-0.25, -0.2) is 0 Å². The maximum Gasteiger partial charge on any atom is 0.0346 e. The molecule has 0 bridgehead atoms. The molecule has 0 atom stereocenters. The zero-order chi connectivity index (χ0) is 15.5. The molecule has 1 nitrogen and oxygen atoms in total. The summed E-state index contributed by atoms with van der Waals surface area (Å²) < 4.78 is 0. The molecule has 0 radical (unpaired) electrons. The highest BCUT2D eigenvalue weighted by molar-refractivity contribution is 5.52. The fraction of sp³-hybridized carbons (Fsp3) is 0.500. The van der Waals surface area contributed by atoms with Gasteiger partial charge in [-0.1, -0.05) is 44.8 Å².